The molecule has 2 aliphatic heterocycles. The number of amides is 1. The molecule has 3 fully saturated rings. The van der Waals surface area contributed by atoms with Gasteiger partial charge in [-0.2, -0.15) is 0 Å². The molecule has 2 atom stereocenters. The fourth-order valence-corrected chi connectivity index (χ4v) is 4.44. The van der Waals surface area contributed by atoms with Crippen LogP contribution in [0.4, 0.5) is 0 Å². The Hall–Kier alpha value is -1.35. The fourth-order valence-electron chi connectivity index (χ4n) is 4.44. The molecule has 1 saturated carbocycles. The van der Waals surface area contributed by atoms with Gasteiger partial charge >= 0.3 is 0 Å². The van der Waals surface area contributed by atoms with E-state index in [-0.39, 0.29) is 11.3 Å². The SMILES string of the molecule is Cc1cccc(C2(C(=O)N[C@H]3CCN4CCCC[C@@H]34)CC2)c1. The van der Waals surface area contributed by atoms with Gasteiger partial charge in [0.05, 0.1) is 5.41 Å². The summed E-state index contributed by atoms with van der Waals surface area (Å²) in [5.41, 5.74) is 2.23. The van der Waals surface area contributed by atoms with Crippen LogP contribution in [0.25, 0.3) is 0 Å². The van der Waals surface area contributed by atoms with Crippen molar-refractivity contribution >= 4 is 5.91 Å². The van der Waals surface area contributed by atoms with E-state index >= 15 is 0 Å². The van der Waals surface area contributed by atoms with Crippen LogP contribution in [0, 0.1) is 6.92 Å². The van der Waals surface area contributed by atoms with Gasteiger partial charge in [0.15, 0.2) is 0 Å². The molecular weight excluding hydrogens is 272 g/mol. The normalized spacial score (nSPS) is 29.9. The third kappa shape index (κ3) is 2.36. The minimum absolute atomic E-state index is 0.228. The molecule has 0 unspecified atom stereocenters. The molecule has 0 bridgehead atoms. The van der Waals surface area contributed by atoms with Gasteiger partial charge in [-0.3, -0.25) is 9.69 Å². The molecule has 0 radical (unpaired) electrons. The number of hydrogen-bond acceptors (Lipinski definition) is 2. The Morgan fingerprint density at radius 3 is 2.86 bits per heavy atom. The first-order valence-corrected chi connectivity index (χ1v) is 8.81. The van der Waals surface area contributed by atoms with Crippen molar-refractivity contribution in [1.82, 2.24) is 10.2 Å². The topological polar surface area (TPSA) is 32.3 Å². The summed E-state index contributed by atoms with van der Waals surface area (Å²) in [7, 11) is 0. The number of aryl methyl sites for hydroxylation is 1. The summed E-state index contributed by atoms with van der Waals surface area (Å²) in [6.07, 6.45) is 7.02. The van der Waals surface area contributed by atoms with Crippen LogP contribution in [0.3, 0.4) is 0 Å². The van der Waals surface area contributed by atoms with E-state index in [2.05, 4.69) is 41.4 Å². The van der Waals surface area contributed by atoms with Gasteiger partial charge in [0.25, 0.3) is 0 Å². The van der Waals surface area contributed by atoms with Crippen LogP contribution >= 0.6 is 0 Å². The monoisotopic (exact) mass is 298 g/mol. The first-order valence-electron chi connectivity index (χ1n) is 8.81. The highest BCUT2D eigenvalue weighted by molar-refractivity contribution is 5.91. The fraction of sp³-hybridized carbons (Fsp3) is 0.632. The lowest BCUT2D eigenvalue weighted by atomic mass is 9.92. The highest BCUT2D eigenvalue weighted by atomic mass is 16.2. The number of fused-ring (bicyclic) bond motifs is 1. The van der Waals surface area contributed by atoms with Crippen molar-refractivity contribution in [3.05, 3.63) is 35.4 Å². The summed E-state index contributed by atoms with van der Waals surface area (Å²) in [4.78, 5) is 15.5. The quantitative estimate of drug-likeness (QED) is 0.930. The summed E-state index contributed by atoms with van der Waals surface area (Å²) in [6, 6.07) is 9.46. The van der Waals surface area contributed by atoms with Gasteiger partial charge in [0.1, 0.15) is 0 Å². The lowest BCUT2D eigenvalue weighted by molar-refractivity contribution is -0.124. The number of nitrogens with zero attached hydrogens (tertiary/aromatic N) is 1. The summed E-state index contributed by atoms with van der Waals surface area (Å²) in [5, 5.41) is 3.42. The molecule has 1 N–H and O–H groups in total. The molecule has 0 spiro atoms. The third-order valence-electron chi connectivity index (χ3n) is 5.93. The predicted octanol–water partition coefficient (Wildman–Crippen LogP) is 2.77. The number of piperidine rings is 1. The van der Waals surface area contributed by atoms with E-state index in [9.17, 15) is 4.79 Å². The highest BCUT2D eigenvalue weighted by Crippen LogP contribution is 2.48. The van der Waals surface area contributed by atoms with Gasteiger partial charge in [-0.1, -0.05) is 36.2 Å². The smallest absolute Gasteiger partial charge is 0.230 e. The van der Waals surface area contributed by atoms with E-state index < -0.39 is 0 Å². The number of rotatable bonds is 3. The first kappa shape index (κ1) is 14.3. The van der Waals surface area contributed by atoms with Crippen molar-refractivity contribution < 1.29 is 4.79 Å². The number of nitrogens with one attached hydrogen (secondary N) is 1. The lowest BCUT2D eigenvalue weighted by Crippen LogP contribution is -2.49. The van der Waals surface area contributed by atoms with Crippen LogP contribution in [0.2, 0.25) is 0 Å². The maximum absolute atomic E-state index is 12.9. The Balaban J connectivity index is 1.48. The second-order valence-electron chi connectivity index (χ2n) is 7.42. The van der Waals surface area contributed by atoms with Crippen molar-refractivity contribution in [2.75, 3.05) is 13.1 Å². The molecule has 22 heavy (non-hydrogen) atoms. The average Bonchev–Trinajstić information content (AvgIpc) is 3.25. The van der Waals surface area contributed by atoms with Gasteiger partial charge in [-0.05, 0) is 51.1 Å². The van der Waals surface area contributed by atoms with Crippen LogP contribution in [0.1, 0.15) is 49.7 Å². The van der Waals surface area contributed by atoms with Crippen molar-refractivity contribution in [2.24, 2.45) is 0 Å². The maximum Gasteiger partial charge on any atom is 0.230 e. The summed E-state index contributed by atoms with van der Waals surface area (Å²) in [5.74, 6) is 0.274. The molecule has 118 valence electrons. The Kier molecular flexibility index (Phi) is 3.48. The highest BCUT2D eigenvalue weighted by Gasteiger charge is 2.52. The molecule has 4 rings (SSSR count). The van der Waals surface area contributed by atoms with E-state index in [4.69, 9.17) is 0 Å². The molecule has 2 heterocycles. The number of benzene rings is 1. The van der Waals surface area contributed by atoms with Crippen molar-refractivity contribution in [3.63, 3.8) is 0 Å². The zero-order valence-corrected chi connectivity index (χ0v) is 13.5. The maximum atomic E-state index is 12.9. The van der Waals surface area contributed by atoms with E-state index in [1.807, 2.05) is 0 Å². The van der Waals surface area contributed by atoms with Crippen LogP contribution in [-0.2, 0) is 10.2 Å². The minimum atomic E-state index is -0.228. The van der Waals surface area contributed by atoms with E-state index in [1.54, 1.807) is 0 Å². The summed E-state index contributed by atoms with van der Waals surface area (Å²) < 4.78 is 0. The van der Waals surface area contributed by atoms with E-state index in [1.165, 1.54) is 36.9 Å². The molecule has 1 aliphatic carbocycles. The molecule has 1 aromatic rings. The minimum Gasteiger partial charge on any atom is -0.351 e. The molecule has 1 amide bonds. The molecule has 3 nitrogen and oxygen atoms in total. The lowest BCUT2D eigenvalue weighted by Gasteiger charge is -2.33. The summed E-state index contributed by atoms with van der Waals surface area (Å²) in [6.45, 7) is 4.49. The van der Waals surface area contributed by atoms with Crippen LogP contribution < -0.4 is 5.32 Å². The molecule has 3 heteroatoms. The zero-order chi connectivity index (χ0) is 15.2. The number of carbonyl (C=O) groups is 1. The van der Waals surface area contributed by atoms with Crippen LogP contribution in [0.15, 0.2) is 24.3 Å². The Labute approximate surface area is 133 Å². The zero-order valence-electron chi connectivity index (χ0n) is 13.5. The molecular formula is C19H26N2O. The van der Waals surface area contributed by atoms with Crippen LogP contribution in [0.5, 0.6) is 0 Å². The first-order chi connectivity index (χ1) is 10.7. The second kappa shape index (κ2) is 5.38. The second-order valence-corrected chi connectivity index (χ2v) is 7.42. The Bertz CT molecular complexity index is 579. The van der Waals surface area contributed by atoms with Crippen molar-refractivity contribution in [2.45, 2.75) is 62.9 Å². The Morgan fingerprint density at radius 1 is 1.23 bits per heavy atom. The van der Waals surface area contributed by atoms with Crippen molar-refractivity contribution in [1.29, 1.82) is 0 Å². The predicted molar refractivity (Wildman–Crippen MR) is 87.9 cm³/mol. The van der Waals surface area contributed by atoms with E-state index in [0.29, 0.717) is 12.1 Å². The molecule has 1 aromatic carbocycles. The third-order valence-corrected chi connectivity index (χ3v) is 5.93. The van der Waals surface area contributed by atoms with E-state index in [0.717, 1.165) is 25.8 Å². The van der Waals surface area contributed by atoms with Gasteiger partial charge < -0.3 is 5.32 Å². The number of hydrogen-bond donors (Lipinski definition) is 1. The van der Waals surface area contributed by atoms with Gasteiger partial charge in [-0.15, -0.1) is 0 Å². The van der Waals surface area contributed by atoms with Gasteiger partial charge in [0, 0.05) is 18.6 Å². The molecule has 2 saturated heterocycles. The van der Waals surface area contributed by atoms with Crippen LogP contribution in [-0.4, -0.2) is 36.0 Å². The number of carbonyl (C=O) groups excluding carboxylic acids is 1. The largest absolute Gasteiger partial charge is 0.351 e. The molecule has 0 aromatic heterocycles. The Morgan fingerprint density at radius 2 is 2.09 bits per heavy atom. The van der Waals surface area contributed by atoms with Gasteiger partial charge in [-0.25, -0.2) is 0 Å². The average molecular weight is 298 g/mol. The van der Waals surface area contributed by atoms with Crippen molar-refractivity contribution in [3.8, 4) is 0 Å². The standard InChI is InChI=1S/C19H26N2O/c1-14-5-4-6-15(13-14)19(9-10-19)18(22)20-16-8-12-21-11-3-2-7-17(16)21/h4-6,13,16-17H,2-3,7-12H2,1H3,(H,20,22)/t16-,17-/m0/s1. The van der Waals surface area contributed by atoms with Gasteiger partial charge in [0.2, 0.25) is 5.91 Å². The molecule has 3 aliphatic rings. The summed E-state index contributed by atoms with van der Waals surface area (Å²) >= 11 is 0.